The number of halogens is 2. The van der Waals surface area contributed by atoms with Crippen LogP contribution in [-0.4, -0.2) is 61.1 Å². The van der Waals surface area contributed by atoms with Gasteiger partial charge in [0.15, 0.2) is 34.6 Å². The molecule has 0 bridgehead atoms. The van der Waals surface area contributed by atoms with E-state index >= 15 is 0 Å². The van der Waals surface area contributed by atoms with Gasteiger partial charge in [-0.15, -0.1) is 17.0 Å². The van der Waals surface area contributed by atoms with E-state index in [0.717, 1.165) is 0 Å². The fraction of sp³-hybridized carbons (Fsp3) is 0.423. The fourth-order valence-corrected chi connectivity index (χ4v) is 3.93. The number of fused-ring (bicyclic) bond motifs is 1. The van der Waals surface area contributed by atoms with Crippen molar-refractivity contribution in [2.45, 2.75) is 45.8 Å². The lowest BCUT2D eigenvalue weighted by Gasteiger charge is -2.19. The molecular formula is C26H32BrFN2O7. The van der Waals surface area contributed by atoms with Crippen LogP contribution in [0.2, 0.25) is 0 Å². The van der Waals surface area contributed by atoms with Crippen LogP contribution in [0, 0.1) is 11.2 Å². The minimum Gasteiger partial charge on any atom is -0.493 e. The first-order chi connectivity index (χ1) is 17.2. The average molecular weight is 583 g/mol. The molecule has 2 aromatic carbocycles. The monoisotopic (exact) mass is 582 g/mol. The zero-order chi connectivity index (χ0) is 26.4. The van der Waals surface area contributed by atoms with Crippen LogP contribution in [0.5, 0.6) is 23.0 Å². The Balaban J connectivity index is 0.00000481. The van der Waals surface area contributed by atoms with Crippen LogP contribution in [0.25, 0.3) is 0 Å². The topological polar surface area (TPSA) is 118 Å². The van der Waals surface area contributed by atoms with Gasteiger partial charge in [-0.05, 0) is 56.5 Å². The van der Waals surface area contributed by atoms with E-state index in [0.29, 0.717) is 42.1 Å². The van der Waals surface area contributed by atoms with Gasteiger partial charge in [0.25, 0.3) is 0 Å². The highest BCUT2D eigenvalue weighted by Gasteiger charge is 2.33. The fourth-order valence-electron chi connectivity index (χ4n) is 3.93. The van der Waals surface area contributed by atoms with Crippen molar-refractivity contribution in [3.63, 3.8) is 0 Å². The Morgan fingerprint density at radius 1 is 1.11 bits per heavy atom. The number of methoxy groups -OCH3 is 2. The van der Waals surface area contributed by atoms with Crippen LogP contribution in [0.1, 0.15) is 54.6 Å². The Morgan fingerprint density at radius 2 is 1.84 bits per heavy atom. The molecule has 0 saturated heterocycles. The molecule has 0 unspecified atom stereocenters. The van der Waals surface area contributed by atoms with E-state index in [1.165, 1.54) is 19.1 Å². The number of hydrogen-bond acceptors (Lipinski definition) is 7. The highest BCUT2D eigenvalue weighted by atomic mass is 79.9. The molecule has 0 saturated carbocycles. The van der Waals surface area contributed by atoms with Crippen LogP contribution >= 0.6 is 17.0 Å². The molecule has 1 aliphatic heterocycles. The van der Waals surface area contributed by atoms with Crippen LogP contribution in [0.15, 0.2) is 24.3 Å². The summed E-state index contributed by atoms with van der Waals surface area (Å²) in [6.45, 7) is 4.07. The van der Waals surface area contributed by atoms with Crippen molar-refractivity contribution in [1.82, 2.24) is 4.90 Å². The lowest BCUT2D eigenvalue weighted by atomic mass is 10.1. The second-order valence-corrected chi connectivity index (χ2v) is 8.62. The van der Waals surface area contributed by atoms with Crippen molar-refractivity contribution in [2.75, 3.05) is 27.4 Å². The number of Topliss-reactive ketones (excluding diaryl/α,β-unsaturated/α-hetero) is 1. The van der Waals surface area contributed by atoms with E-state index in [4.69, 9.17) is 29.5 Å². The summed E-state index contributed by atoms with van der Waals surface area (Å²) in [7, 11) is 2.74. The Morgan fingerprint density at radius 3 is 2.46 bits per heavy atom. The van der Waals surface area contributed by atoms with Gasteiger partial charge in [0.2, 0.25) is 0 Å². The molecule has 0 amide bonds. The van der Waals surface area contributed by atoms with Gasteiger partial charge in [-0.3, -0.25) is 15.0 Å². The molecule has 0 atom stereocenters. The Kier molecular flexibility index (Phi) is 10.7. The maximum absolute atomic E-state index is 15.0. The van der Waals surface area contributed by atoms with Crippen molar-refractivity contribution in [2.24, 2.45) is 0 Å². The van der Waals surface area contributed by atoms with E-state index in [2.05, 4.69) is 0 Å². The van der Waals surface area contributed by atoms with Gasteiger partial charge in [0, 0.05) is 18.5 Å². The number of benzene rings is 2. The van der Waals surface area contributed by atoms with E-state index in [1.807, 2.05) is 13.8 Å². The molecule has 0 aromatic heterocycles. The van der Waals surface area contributed by atoms with Gasteiger partial charge in [-0.1, -0.05) is 0 Å². The zero-order valence-electron chi connectivity index (χ0n) is 21.3. The summed E-state index contributed by atoms with van der Waals surface area (Å²) in [5.74, 6) is -0.911. The lowest BCUT2D eigenvalue weighted by Crippen LogP contribution is -2.30. The number of unbranched alkanes of at least 4 members (excludes halogenated alkanes) is 1. The van der Waals surface area contributed by atoms with Crippen molar-refractivity contribution in [3.05, 3.63) is 46.8 Å². The largest absolute Gasteiger partial charge is 0.493 e. The van der Waals surface area contributed by atoms with Crippen LogP contribution in [-0.2, 0) is 11.3 Å². The van der Waals surface area contributed by atoms with Gasteiger partial charge < -0.3 is 29.0 Å². The quantitative estimate of drug-likeness (QED) is 0.254. The third-order valence-electron chi connectivity index (χ3n) is 5.61. The number of amidine groups is 1. The first kappa shape index (κ1) is 29.9. The predicted octanol–water partition coefficient (Wildman–Crippen LogP) is 4.87. The molecule has 0 aliphatic carbocycles. The standard InChI is InChI=1S/C26H31FN2O7.BrH/c1-15(2)36-20-11-16(8-9-19(20)35-10-6-5-7-22(31)32)18(30)14-29-13-17-12-21(33-3)25(34-4)24(27)23(17)26(29)28;/h8-9,11-12,15,28H,5-7,10,13-14H2,1-4H3,(H,31,32);1H. The molecule has 0 radical (unpaired) electrons. The maximum atomic E-state index is 15.0. The van der Waals surface area contributed by atoms with Crippen LogP contribution in [0.3, 0.4) is 0 Å². The third kappa shape index (κ3) is 7.12. The number of aliphatic carboxylic acids is 1. The summed E-state index contributed by atoms with van der Waals surface area (Å²) in [6, 6.07) is 6.46. The summed E-state index contributed by atoms with van der Waals surface area (Å²) < 4.78 is 36.9. The highest BCUT2D eigenvalue weighted by molar-refractivity contribution is 8.93. The van der Waals surface area contributed by atoms with Gasteiger partial charge in [0.05, 0.1) is 39.0 Å². The molecule has 1 heterocycles. The minimum absolute atomic E-state index is 0. The number of nitrogens with one attached hydrogen (secondary N) is 1. The SMILES string of the molecule is Br.COc1cc2c(c(F)c1OC)C(=N)N(CC(=O)c1ccc(OCCCCC(=O)O)c(OC(C)C)c1)C2. The smallest absolute Gasteiger partial charge is 0.303 e. The van der Waals surface area contributed by atoms with E-state index < -0.39 is 11.8 Å². The predicted molar refractivity (Wildman–Crippen MR) is 141 cm³/mol. The van der Waals surface area contributed by atoms with Crippen molar-refractivity contribution >= 4 is 34.6 Å². The first-order valence-corrected chi connectivity index (χ1v) is 11.6. The number of carboxylic acids is 1. The van der Waals surface area contributed by atoms with Gasteiger partial charge in [-0.25, -0.2) is 4.39 Å². The van der Waals surface area contributed by atoms with E-state index in [1.54, 1.807) is 24.3 Å². The molecule has 0 fully saturated rings. The number of rotatable bonds is 13. The molecule has 0 spiro atoms. The van der Waals surface area contributed by atoms with Crippen molar-refractivity contribution in [3.8, 4) is 23.0 Å². The molecule has 9 nitrogen and oxygen atoms in total. The van der Waals surface area contributed by atoms with Gasteiger partial charge in [-0.2, -0.15) is 0 Å². The normalized spacial score (nSPS) is 12.2. The molecule has 2 N–H and O–H groups in total. The van der Waals surface area contributed by atoms with Crippen molar-refractivity contribution in [1.29, 1.82) is 5.41 Å². The highest BCUT2D eigenvalue weighted by Crippen LogP contribution is 2.38. The van der Waals surface area contributed by atoms with Crippen molar-refractivity contribution < 1.29 is 38.0 Å². The van der Waals surface area contributed by atoms with Gasteiger partial charge in [0.1, 0.15) is 5.84 Å². The number of carbonyl (C=O) groups excluding carboxylic acids is 1. The number of ether oxygens (including phenoxy) is 4. The van der Waals surface area contributed by atoms with Crippen LogP contribution in [0.4, 0.5) is 4.39 Å². The Labute approximate surface area is 225 Å². The lowest BCUT2D eigenvalue weighted by molar-refractivity contribution is -0.137. The summed E-state index contributed by atoms with van der Waals surface area (Å²) in [5.41, 5.74) is 0.998. The number of hydrogen-bond donors (Lipinski definition) is 2. The summed E-state index contributed by atoms with van der Waals surface area (Å²) in [5, 5.41) is 17.2. The second-order valence-electron chi connectivity index (χ2n) is 8.62. The minimum atomic E-state index is -0.850. The summed E-state index contributed by atoms with van der Waals surface area (Å²) >= 11 is 0. The second kappa shape index (κ2) is 13.3. The molecule has 3 rings (SSSR count). The zero-order valence-corrected chi connectivity index (χ0v) is 23.0. The number of nitrogens with zero attached hydrogens (tertiary/aromatic N) is 1. The molecule has 1 aliphatic rings. The third-order valence-corrected chi connectivity index (χ3v) is 5.61. The average Bonchev–Trinajstić information content (AvgIpc) is 3.13. The number of ketones is 1. The maximum Gasteiger partial charge on any atom is 0.303 e. The summed E-state index contributed by atoms with van der Waals surface area (Å²) in [6.07, 6.45) is 0.969. The van der Waals surface area contributed by atoms with Gasteiger partial charge >= 0.3 is 5.97 Å². The van der Waals surface area contributed by atoms with E-state index in [-0.39, 0.29) is 71.3 Å². The number of carbonyl (C=O) groups is 2. The first-order valence-electron chi connectivity index (χ1n) is 11.6. The molecule has 37 heavy (non-hydrogen) atoms. The molecule has 2 aromatic rings. The Bertz CT molecular complexity index is 1160. The van der Waals surface area contributed by atoms with Crippen LogP contribution < -0.4 is 18.9 Å². The molecular weight excluding hydrogens is 551 g/mol. The molecule has 11 heteroatoms. The molecule has 202 valence electrons. The summed E-state index contributed by atoms with van der Waals surface area (Å²) in [4.78, 5) is 25.3. The Hall–Kier alpha value is -3.34. The van der Waals surface area contributed by atoms with E-state index in [9.17, 15) is 14.0 Å². The number of carboxylic acid groups (broad SMARTS) is 1.